The average Bonchev–Trinajstić information content (AvgIpc) is 2.68. The molecule has 1 saturated heterocycles. The van der Waals surface area contributed by atoms with Crippen LogP contribution in [0.5, 0.6) is 0 Å². The fraction of sp³-hybridized carbons (Fsp3) is 0.450. The molecular weight excluding hydrogens is 333 g/mol. The zero-order chi connectivity index (χ0) is 18.5. The third kappa shape index (κ3) is 4.25. The highest BCUT2D eigenvalue weighted by atomic mass is 19.1. The molecule has 0 amide bonds. The lowest BCUT2D eigenvalue weighted by Crippen LogP contribution is -2.36. The van der Waals surface area contributed by atoms with Crippen molar-refractivity contribution in [3.05, 3.63) is 42.0 Å². The normalized spacial score (nSPS) is 15.3. The Hall–Kier alpha value is -2.34. The van der Waals surface area contributed by atoms with Crippen LogP contribution in [-0.2, 0) is 4.79 Å². The summed E-state index contributed by atoms with van der Waals surface area (Å²) in [5.74, 6) is 0.879. The maximum absolute atomic E-state index is 13.8. The molecule has 2 aromatic rings. The van der Waals surface area contributed by atoms with Crippen LogP contribution in [0.15, 0.2) is 30.6 Å². The summed E-state index contributed by atoms with van der Waals surface area (Å²) in [6.45, 7) is 3.31. The van der Waals surface area contributed by atoms with Gasteiger partial charge in [0.2, 0.25) is 0 Å². The number of Topliss-reactive ketones (excluding diaryl/α,β-unsaturated/α-hetero) is 1. The number of benzene rings is 1. The van der Waals surface area contributed by atoms with Crippen LogP contribution in [0.4, 0.5) is 10.2 Å². The Labute approximate surface area is 152 Å². The van der Waals surface area contributed by atoms with Gasteiger partial charge in [-0.1, -0.05) is 12.1 Å². The lowest BCUT2D eigenvalue weighted by Gasteiger charge is -2.32. The predicted molar refractivity (Wildman–Crippen MR) is 98.4 cm³/mol. The summed E-state index contributed by atoms with van der Waals surface area (Å²) in [5.41, 5.74) is 2.02. The zero-order valence-electron chi connectivity index (χ0n) is 15.0. The molecule has 0 unspecified atom stereocenters. The molecule has 1 N–H and O–H groups in total. The number of nitrogens with zero attached hydrogens (tertiary/aromatic N) is 3. The Bertz CT molecular complexity index is 773. The van der Waals surface area contributed by atoms with Crippen molar-refractivity contribution in [3.8, 4) is 11.3 Å². The van der Waals surface area contributed by atoms with Crippen molar-refractivity contribution in [2.75, 3.05) is 24.6 Å². The molecule has 1 aliphatic heterocycles. The van der Waals surface area contributed by atoms with Crippen molar-refractivity contribution >= 4 is 11.6 Å². The van der Waals surface area contributed by atoms with Crippen molar-refractivity contribution in [1.82, 2.24) is 9.97 Å². The Kier molecular flexibility index (Phi) is 5.93. The molecule has 5 nitrogen and oxygen atoms in total. The molecule has 1 aromatic carbocycles. The van der Waals surface area contributed by atoms with Crippen LogP contribution in [0.2, 0.25) is 0 Å². The van der Waals surface area contributed by atoms with E-state index < -0.39 is 0 Å². The molecular formula is C20H24FN3O2. The molecule has 0 saturated carbocycles. The molecule has 0 spiro atoms. The number of aliphatic hydroxyl groups is 1. The number of aliphatic hydroxyl groups excluding tert-OH is 1. The van der Waals surface area contributed by atoms with E-state index in [9.17, 15) is 9.18 Å². The van der Waals surface area contributed by atoms with Crippen molar-refractivity contribution in [2.45, 2.75) is 32.6 Å². The third-order valence-electron chi connectivity index (χ3n) is 4.98. The second-order valence-electron chi connectivity index (χ2n) is 6.78. The van der Waals surface area contributed by atoms with Crippen molar-refractivity contribution in [2.24, 2.45) is 5.92 Å². The van der Waals surface area contributed by atoms with Gasteiger partial charge in [-0.25, -0.2) is 14.4 Å². The van der Waals surface area contributed by atoms with Crippen LogP contribution in [0.1, 0.15) is 31.2 Å². The van der Waals surface area contributed by atoms with Crippen LogP contribution in [0.3, 0.4) is 0 Å². The van der Waals surface area contributed by atoms with Crippen LogP contribution in [0.25, 0.3) is 11.3 Å². The van der Waals surface area contributed by atoms with E-state index >= 15 is 0 Å². The van der Waals surface area contributed by atoms with E-state index in [1.807, 2.05) is 12.1 Å². The maximum Gasteiger partial charge on any atom is 0.136 e. The number of aromatic nitrogens is 2. The quantitative estimate of drug-likeness (QED) is 0.860. The largest absolute Gasteiger partial charge is 0.396 e. The third-order valence-corrected chi connectivity index (χ3v) is 4.98. The van der Waals surface area contributed by atoms with Gasteiger partial charge in [-0.2, -0.15) is 0 Å². The van der Waals surface area contributed by atoms with E-state index in [1.165, 1.54) is 12.4 Å². The number of ketones is 1. The van der Waals surface area contributed by atoms with Gasteiger partial charge in [0.15, 0.2) is 0 Å². The molecule has 1 aliphatic rings. The number of hydrogen-bond donors (Lipinski definition) is 1. The van der Waals surface area contributed by atoms with Gasteiger partial charge in [0.25, 0.3) is 0 Å². The second-order valence-corrected chi connectivity index (χ2v) is 6.78. The fourth-order valence-corrected chi connectivity index (χ4v) is 3.32. The first-order valence-electron chi connectivity index (χ1n) is 9.05. The molecule has 0 bridgehead atoms. The van der Waals surface area contributed by atoms with Crippen molar-refractivity contribution in [3.63, 3.8) is 0 Å². The lowest BCUT2D eigenvalue weighted by atomic mass is 9.90. The zero-order valence-corrected chi connectivity index (χ0v) is 15.0. The van der Waals surface area contributed by atoms with Gasteiger partial charge in [0.05, 0.1) is 5.69 Å². The first-order valence-corrected chi connectivity index (χ1v) is 9.05. The highest BCUT2D eigenvalue weighted by Crippen LogP contribution is 2.26. The number of carbonyl (C=O) groups is 1. The van der Waals surface area contributed by atoms with Gasteiger partial charge in [-0.05, 0) is 37.8 Å². The summed E-state index contributed by atoms with van der Waals surface area (Å²) >= 11 is 0. The Balaban J connectivity index is 1.68. The first kappa shape index (κ1) is 18.5. The minimum absolute atomic E-state index is 0.0634. The van der Waals surface area contributed by atoms with E-state index in [1.54, 1.807) is 13.0 Å². The molecule has 26 heavy (non-hydrogen) atoms. The molecule has 0 aliphatic carbocycles. The molecule has 1 fully saturated rings. The number of anilines is 1. The van der Waals surface area contributed by atoms with E-state index in [4.69, 9.17) is 5.11 Å². The fourth-order valence-electron chi connectivity index (χ4n) is 3.32. The van der Waals surface area contributed by atoms with Gasteiger partial charge >= 0.3 is 0 Å². The van der Waals surface area contributed by atoms with E-state index in [2.05, 4.69) is 14.9 Å². The predicted octanol–water partition coefficient (Wildman–Crippen LogP) is 3.15. The average molecular weight is 357 g/mol. The summed E-state index contributed by atoms with van der Waals surface area (Å²) in [6.07, 6.45) is 4.09. The minimum Gasteiger partial charge on any atom is -0.396 e. The number of hydrogen-bond acceptors (Lipinski definition) is 5. The number of piperidine rings is 1. The topological polar surface area (TPSA) is 66.3 Å². The standard InChI is InChI=1S/C20H24FN3O2/c1-14-4-5-16(11-17(14)21)18-12-20(23-13-22-18)24-8-6-15(7-9-24)19(26)3-2-10-25/h4-5,11-13,15,25H,2-3,6-10H2,1H3. The van der Waals surface area contributed by atoms with Gasteiger partial charge in [0.1, 0.15) is 23.7 Å². The Morgan fingerprint density at radius 3 is 2.73 bits per heavy atom. The lowest BCUT2D eigenvalue weighted by molar-refractivity contribution is -0.123. The SMILES string of the molecule is Cc1ccc(-c2cc(N3CCC(C(=O)CCCO)CC3)ncn2)cc1F. The second kappa shape index (κ2) is 8.36. The summed E-state index contributed by atoms with van der Waals surface area (Å²) in [7, 11) is 0. The maximum atomic E-state index is 13.8. The molecule has 138 valence electrons. The highest BCUT2D eigenvalue weighted by Gasteiger charge is 2.25. The molecule has 0 atom stereocenters. The number of carbonyl (C=O) groups excluding carboxylic acids is 1. The Morgan fingerprint density at radius 1 is 1.27 bits per heavy atom. The van der Waals surface area contributed by atoms with Crippen LogP contribution < -0.4 is 4.90 Å². The van der Waals surface area contributed by atoms with Gasteiger partial charge in [-0.15, -0.1) is 0 Å². The first-order chi connectivity index (χ1) is 12.6. The Morgan fingerprint density at radius 2 is 2.04 bits per heavy atom. The molecule has 0 radical (unpaired) electrons. The number of rotatable bonds is 6. The van der Waals surface area contributed by atoms with Gasteiger partial charge in [-0.3, -0.25) is 4.79 Å². The van der Waals surface area contributed by atoms with Crippen LogP contribution in [0, 0.1) is 18.7 Å². The molecule has 2 heterocycles. The van der Waals surface area contributed by atoms with Crippen molar-refractivity contribution < 1.29 is 14.3 Å². The van der Waals surface area contributed by atoms with Gasteiger partial charge < -0.3 is 10.0 Å². The molecule has 3 rings (SSSR count). The van der Waals surface area contributed by atoms with E-state index in [0.717, 1.165) is 37.3 Å². The van der Waals surface area contributed by atoms with Crippen LogP contribution >= 0.6 is 0 Å². The monoisotopic (exact) mass is 357 g/mol. The van der Waals surface area contributed by atoms with Crippen LogP contribution in [-0.4, -0.2) is 40.6 Å². The minimum atomic E-state index is -0.245. The molecule has 6 heteroatoms. The smallest absolute Gasteiger partial charge is 0.136 e. The summed E-state index contributed by atoms with van der Waals surface area (Å²) in [5, 5.41) is 8.86. The summed E-state index contributed by atoms with van der Waals surface area (Å²) in [6, 6.07) is 6.97. The van der Waals surface area contributed by atoms with E-state index in [0.29, 0.717) is 24.1 Å². The summed E-state index contributed by atoms with van der Waals surface area (Å²) in [4.78, 5) is 22.9. The molecule has 1 aromatic heterocycles. The number of halogens is 1. The van der Waals surface area contributed by atoms with Gasteiger partial charge in [0, 0.05) is 43.7 Å². The highest BCUT2D eigenvalue weighted by molar-refractivity contribution is 5.81. The summed E-state index contributed by atoms with van der Waals surface area (Å²) < 4.78 is 13.8. The number of aryl methyl sites for hydroxylation is 1. The van der Waals surface area contributed by atoms with E-state index in [-0.39, 0.29) is 24.1 Å². The van der Waals surface area contributed by atoms with Crippen molar-refractivity contribution in [1.29, 1.82) is 0 Å².